The molecular formula is C25H28F4N6O2. The third-order valence-corrected chi connectivity index (χ3v) is 5.11. The van der Waals surface area contributed by atoms with Crippen LogP contribution >= 0.6 is 0 Å². The fourth-order valence-corrected chi connectivity index (χ4v) is 3.15. The summed E-state index contributed by atoms with van der Waals surface area (Å²) >= 11 is 0. The quantitative estimate of drug-likeness (QED) is 0.247. The molecular weight excluding hydrogens is 492 g/mol. The summed E-state index contributed by atoms with van der Waals surface area (Å²) < 4.78 is 50.3. The van der Waals surface area contributed by atoms with E-state index in [2.05, 4.69) is 26.9 Å². The number of hydrogen-bond donors (Lipinski definition) is 2. The van der Waals surface area contributed by atoms with E-state index in [-0.39, 0.29) is 0 Å². The van der Waals surface area contributed by atoms with Gasteiger partial charge in [0.2, 0.25) is 0 Å². The monoisotopic (exact) mass is 520 g/mol. The van der Waals surface area contributed by atoms with Crippen molar-refractivity contribution < 1.29 is 22.4 Å². The number of hydrogen-bond acceptors (Lipinski definition) is 7. The first kappa shape index (κ1) is 29.1. The van der Waals surface area contributed by atoms with Crippen LogP contribution in [0.3, 0.4) is 0 Å². The number of alkyl halides is 3. The van der Waals surface area contributed by atoms with Crippen LogP contribution in [0.1, 0.15) is 53.2 Å². The van der Waals surface area contributed by atoms with Gasteiger partial charge in [-0.05, 0) is 48.9 Å². The van der Waals surface area contributed by atoms with E-state index in [0.717, 1.165) is 24.7 Å². The number of nitrogen functional groups attached to an aromatic ring is 1. The van der Waals surface area contributed by atoms with Crippen molar-refractivity contribution in [3.05, 3.63) is 75.3 Å². The van der Waals surface area contributed by atoms with Crippen LogP contribution in [0, 0.1) is 12.7 Å². The maximum atomic E-state index is 14.3. The highest BCUT2D eigenvalue weighted by atomic mass is 19.4. The van der Waals surface area contributed by atoms with Gasteiger partial charge in [-0.3, -0.25) is 9.59 Å². The Morgan fingerprint density at radius 1 is 1.11 bits per heavy atom. The Hall–Kier alpha value is -4.09. The minimum atomic E-state index is -4.74. The Morgan fingerprint density at radius 3 is 2.32 bits per heavy atom. The van der Waals surface area contributed by atoms with Crippen molar-refractivity contribution in [3.8, 4) is 11.4 Å². The van der Waals surface area contributed by atoms with Gasteiger partial charge in [0, 0.05) is 31.5 Å². The third-order valence-electron chi connectivity index (χ3n) is 5.11. The summed E-state index contributed by atoms with van der Waals surface area (Å²) in [5.41, 5.74) is 3.65. The molecule has 37 heavy (non-hydrogen) atoms. The molecule has 2 aromatic heterocycles. The van der Waals surface area contributed by atoms with E-state index in [1.807, 2.05) is 26.2 Å². The molecule has 0 saturated heterocycles. The number of carbonyl (C=O) groups excluding carboxylic acids is 1. The van der Waals surface area contributed by atoms with Gasteiger partial charge in [0.15, 0.2) is 12.1 Å². The molecule has 0 saturated carbocycles. The van der Waals surface area contributed by atoms with Crippen LogP contribution in [0.5, 0.6) is 0 Å². The number of anilines is 1. The van der Waals surface area contributed by atoms with Gasteiger partial charge in [0.1, 0.15) is 11.4 Å². The lowest BCUT2D eigenvalue weighted by molar-refractivity contribution is -0.138. The number of unbranched alkanes of at least 4 members (excludes halogenated alkanes) is 2. The second-order valence-corrected chi connectivity index (χ2v) is 8.19. The molecule has 0 spiro atoms. The number of aryl methyl sites for hydroxylation is 1. The van der Waals surface area contributed by atoms with E-state index in [1.54, 1.807) is 23.6 Å². The number of aromatic amines is 1. The van der Waals surface area contributed by atoms with E-state index < -0.39 is 28.8 Å². The number of H-pyrrole nitrogens is 1. The normalized spacial score (nSPS) is 11.2. The van der Waals surface area contributed by atoms with Crippen molar-refractivity contribution >= 4 is 18.0 Å². The summed E-state index contributed by atoms with van der Waals surface area (Å²) in [6.07, 6.45) is 7.17. The first-order valence-electron chi connectivity index (χ1n) is 11.3. The van der Waals surface area contributed by atoms with Crippen LogP contribution in [0.2, 0.25) is 0 Å². The average molecular weight is 521 g/mol. The van der Waals surface area contributed by atoms with Crippen molar-refractivity contribution in [3.63, 3.8) is 0 Å². The summed E-state index contributed by atoms with van der Waals surface area (Å²) in [5, 5.41) is 4.74. The van der Waals surface area contributed by atoms with E-state index in [0.29, 0.717) is 28.8 Å². The van der Waals surface area contributed by atoms with E-state index in [9.17, 15) is 27.2 Å². The number of nitrogens with one attached hydrogen (secondary N) is 1. The van der Waals surface area contributed by atoms with Crippen LogP contribution in [0.4, 0.5) is 23.2 Å². The molecule has 0 unspecified atom stereocenters. The number of aromatic nitrogens is 4. The summed E-state index contributed by atoms with van der Waals surface area (Å²) in [6.45, 7) is 4.98. The Kier molecular flexibility index (Phi) is 10.5. The molecule has 3 N–H and O–H groups in total. The van der Waals surface area contributed by atoms with Crippen LogP contribution in [0.25, 0.3) is 17.5 Å². The molecule has 2 heterocycles. The minimum Gasteiger partial charge on any atom is -0.397 e. The Balaban J connectivity index is 0.000000335. The van der Waals surface area contributed by atoms with E-state index >= 15 is 0 Å². The number of aldehydes is 1. The molecule has 0 bridgehead atoms. The number of rotatable bonds is 8. The zero-order chi connectivity index (χ0) is 27.6. The highest BCUT2D eigenvalue weighted by Gasteiger charge is 2.36. The number of nitrogens with two attached hydrogens (primary N) is 1. The fraction of sp³-hybridized carbons (Fsp3) is 0.320. The van der Waals surface area contributed by atoms with Crippen molar-refractivity contribution in [1.29, 1.82) is 0 Å². The van der Waals surface area contributed by atoms with Crippen LogP contribution in [-0.4, -0.2) is 44.9 Å². The van der Waals surface area contributed by atoms with Crippen LogP contribution < -0.4 is 11.3 Å². The van der Waals surface area contributed by atoms with Crippen molar-refractivity contribution in [2.45, 2.75) is 39.3 Å². The van der Waals surface area contributed by atoms with Gasteiger partial charge in [-0.2, -0.15) is 18.3 Å². The first-order valence-corrected chi connectivity index (χ1v) is 11.3. The molecule has 3 aromatic rings. The standard InChI is InChI=1S/C20H24FN3O.C5H4F3N3O/c1-4-5-6-8-24(3)9-7-16-10-18(19(21)11-17(16)14-25)20-22-12-15(2)13-23-20;6-5(7,8)3-2(9)1-10-11-4(3)12/h7,9-14H,4-6,8H2,1-3H3;1H,(H3,9,11,12)/b9-7-;. The summed E-state index contributed by atoms with van der Waals surface area (Å²) in [7, 11) is 1.99. The number of nitrogens with zero attached hydrogens (tertiary/aromatic N) is 4. The van der Waals surface area contributed by atoms with Gasteiger partial charge in [-0.25, -0.2) is 19.5 Å². The number of benzene rings is 1. The predicted octanol–water partition coefficient (Wildman–Crippen LogP) is 4.87. The maximum absolute atomic E-state index is 14.3. The van der Waals surface area contributed by atoms with Gasteiger partial charge in [0.25, 0.3) is 5.56 Å². The van der Waals surface area contributed by atoms with E-state index in [4.69, 9.17) is 5.73 Å². The summed E-state index contributed by atoms with van der Waals surface area (Å²) in [4.78, 5) is 32.3. The largest absolute Gasteiger partial charge is 0.423 e. The van der Waals surface area contributed by atoms with Crippen molar-refractivity contribution in [1.82, 2.24) is 25.1 Å². The Labute approximate surface area is 211 Å². The lowest BCUT2D eigenvalue weighted by atomic mass is 10.0. The first-order chi connectivity index (χ1) is 17.5. The number of carbonyl (C=O) groups is 1. The Bertz CT molecular complexity index is 1270. The second-order valence-electron chi connectivity index (χ2n) is 8.19. The molecule has 8 nitrogen and oxygen atoms in total. The van der Waals surface area contributed by atoms with Gasteiger partial charge in [0.05, 0.1) is 17.4 Å². The van der Waals surface area contributed by atoms with Gasteiger partial charge in [-0.15, -0.1) is 0 Å². The van der Waals surface area contributed by atoms with Gasteiger partial charge >= 0.3 is 6.18 Å². The molecule has 0 aliphatic rings. The van der Waals surface area contributed by atoms with Crippen molar-refractivity contribution in [2.24, 2.45) is 0 Å². The molecule has 0 atom stereocenters. The zero-order valence-corrected chi connectivity index (χ0v) is 20.6. The molecule has 12 heteroatoms. The van der Waals surface area contributed by atoms with Crippen LogP contribution in [0.15, 0.2) is 41.7 Å². The summed E-state index contributed by atoms with van der Waals surface area (Å²) in [6, 6.07) is 2.86. The predicted molar refractivity (Wildman–Crippen MR) is 133 cm³/mol. The average Bonchev–Trinajstić information content (AvgIpc) is 2.83. The number of halogens is 4. The fourth-order valence-electron chi connectivity index (χ4n) is 3.15. The second kappa shape index (κ2) is 13.3. The minimum absolute atomic E-state index is 0.291. The van der Waals surface area contributed by atoms with Gasteiger partial charge in [-0.1, -0.05) is 19.8 Å². The smallest absolute Gasteiger partial charge is 0.397 e. The molecule has 0 fully saturated rings. The molecule has 0 radical (unpaired) electrons. The SMILES string of the molecule is CCCCCN(C)/C=C\c1cc(-c2ncc(C)cn2)c(F)cc1C=O.Nc1cn[nH]c(=O)c1C(F)(F)F. The molecule has 0 aliphatic carbocycles. The maximum Gasteiger partial charge on any atom is 0.423 e. The van der Waals surface area contributed by atoms with Crippen LogP contribution in [-0.2, 0) is 6.18 Å². The zero-order valence-electron chi connectivity index (χ0n) is 20.6. The highest BCUT2D eigenvalue weighted by molar-refractivity contribution is 5.84. The molecule has 1 aromatic carbocycles. The van der Waals surface area contributed by atoms with Gasteiger partial charge < -0.3 is 10.6 Å². The lowest BCUT2D eigenvalue weighted by Crippen LogP contribution is -2.24. The topological polar surface area (TPSA) is 118 Å². The molecule has 0 aliphatic heterocycles. The summed E-state index contributed by atoms with van der Waals surface area (Å²) in [5.74, 6) is -0.189. The molecule has 3 rings (SSSR count). The van der Waals surface area contributed by atoms with E-state index in [1.165, 1.54) is 18.9 Å². The molecule has 0 amide bonds. The van der Waals surface area contributed by atoms with Crippen molar-refractivity contribution in [2.75, 3.05) is 19.3 Å². The highest BCUT2D eigenvalue weighted by Crippen LogP contribution is 2.29. The molecule has 198 valence electrons. The Morgan fingerprint density at radius 2 is 1.78 bits per heavy atom. The third kappa shape index (κ3) is 8.51. The lowest BCUT2D eigenvalue weighted by Gasteiger charge is -2.13.